The van der Waals surface area contributed by atoms with Crippen molar-refractivity contribution in [3.05, 3.63) is 49.6 Å². The van der Waals surface area contributed by atoms with Gasteiger partial charge >= 0.3 is 6.16 Å². The van der Waals surface area contributed by atoms with Gasteiger partial charge in [-0.1, -0.05) is 36.5 Å². The molecule has 0 amide bonds. The maximum Gasteiger partial charge on any atom is 0.508 e. The van der Waals surface area contributed by atoms with Crippen LogP contribution >= 0.6 is 0 Å². The molecule has 0 saturated heterocycles. The molecule has 0 aliphatic heterocycles. The summed E-state index contributed by atoms with van der Waals surface area (Å²) in [5.41, 5.74) is 0. The van der Waals surface area contributed by atoms with E-state index in [1.807, 2.05) is 12.2 Å². The monoisotopic (exact) mass is 330 g/mol. The summed E-state index contributed by atoms with van der Waals surface area (Å²) in [6.45, 7) is 7.59. The van der Waals surface area contributed by atoms with E-state index in [1.165, 1.54) is 0 Å². The highest BCUT2D eigenvalue weighted by molar-refractivity contribution is 5.60. The van der Waals surface area contributed by atoms with E-state index < -0.39 is 6.16 Å². The number of allylic oxidation sites excluding steroid dienone is 4. The Kier molecular flexibility index (Phi) is 7.87. The second-order valence-electron chi connectivity index (χ2n) is 6.70. The molecule has 0 radical (unpaired) electrons. The first-order chi connectivity index (χ1) is 11.7. The Hall–Kier alpha value is -1.77. The van der Waals surface area contributed by atoms with Gasteiger partial charge in [0.15, 0.2) is 0 Å². The van der Waals surface area contributed by atoms with Crippen LogP contribution in [0.5, 0.6) is 0 Å². The maximum absolute atomic E-state index is 12.3. The third-order valence-electron chi connectivity index (χ3n) is 4.96. The Morgan fingerprint density at radius 3 is 1.71 bits per heavy atom. The van der Waals surface area contributed by atoms with Crippen LogP contribution < -0.4 is 0 Å². The second-order valence-corrected chi connectivity index (χ2v) is 6.70. The number of ether oxygens (including phenoxy) is 2. The lowest BCUT2D eigenvalue weighted by atomic mass is 9.87. The van der Waals surface area contributed by atoms with E-state index >= 15 is 0 Å². The number of hydrogen-bond acceptors (Lipinski definition) is 3. The quantitative estimate of drug-likeness (QED) is 0.420. The molecule has 0 aromatic carbocycles. The topological polar surface area (TPSA) is 35.5 Å². The van der Waals surface area contributed by atoms with E-state index in [0.29, 0.717) is 24.7 Å². The van der Waals surface area contributed by atoms with Crippen molar-refractivity contribution in [1.82, 2.24) is 0 Å². The van der Waals surface area contributed by atoms with E-state index in [4.69, 9.17) is 9.47 Å². The largest absolute Gasteiger partial charge is 0.508 e. The molecular weight excluding hydrogens is 300 g/mol. The zero-order valence-corrected chi connectivity index (χ0v) is 14.6. The standard InChI is InChI=1S/C21H30O3/c1-3-11-19(17-13-7-5-8-14-17)23-21(22)24-20(12-4-2)18-15-9-6-10-16-18/h3-7,9,17-20H,1-2,8,10-16H2. The van der Waals surface area contributed by atoms with Gasteiger partial charge in [-0.05, 0) is 38.5 Å². The van der Waals surface area contributed by atoms with Crippen molar-refractivity contribution < 1.29 is 14.3 Å². The van der Waals surface area contributed by atoms with Crippen molar-refractivity contribution in [3.8, 4) is 0 Å². The molecule has 132 valence electrons. The van der Waals surface area contributed by atoms with E-state index in [9.17, 15) is 4.79 Å². The van der Waals surface area contributed by atoms with Crippen LogP contribution in [0.2, 0.25) is 0 Å². The Bertz CT molecular complexity index is 435. The summed E-state index contributed by atoms with van der Waals surface area (Å²) in [4.78, 5) is 12.3. The molecule has 24 heavy (non-hydrogen) atoms. The zero-order chi connectivity index (χ0) is 17.2. The SMILES string of the molecule is C=CCC(OC(=O)OC(CC=C)C1CC=CCC1)C1CC=CCC1. The summed E-state index contributed by atoms with van der Waals surface area (Å²) in [7, 11) is 0. The van der Waals surface area contributed by atoms with E-state index in [-0.39, 0.29) is 12.2 Å². The number of hydrogen-bond donors (Lipinski definition) is 0. The van der Waals surface area contributed by atoms with Crippen molar-refractivity contribution in [3.63, 3.8) is 0 Å². The van der Waals surface area contributed by atoms with Gasteiger partial charge in [0.1, 0.15) is 12.2 Å². The molecular formula is C21H30O3. The van der Waals surface area contributed by atoms with Crippen molar-refractivity contribution >= 4 is 6.16 Å². The van der Waals surface area contributed by atoms with Crippen molar-refractivity contribution in [2.45, 2.75) is 63.6 Å². The minimum absolute atomic E-state index is 0.143. The number of carbonyl (C=O) groups excluding carboxylic acids is 1. The second kappa shape index (κ2) is 10.2. The molecule has 3 heteroatoms. The molecule has 4 atom stereocenters. The molecule has 0 N–H and O–H groups in total. The smallest absolute Gasteiger partial charge is 0.430 e. The van der Waals surface area contributed by atoms with Crippen molar-refractivity contribution in [1.29, 1.82) is 0 Å². The Morgan fingerprint density at radius 1 is 0.917 bits per heavy atom. The summed E-state index contributed by atoms with van der Waals surface area (Å²) in [6, 6.07) is 0. The fourth-order valence-electron chi connectivity index (χ4n) is 3.59. The van der Waals surface area contributed by atoms with Crippen molar-refractivity contribution in [2.24, 2.45) is 11.8 Å². The van der Waals surface area contributed by atoms with E-state index in [0.717, 1.165) is 38.5 Å². The average Bonchev–Trinajstić information content (AvgIpc) is 2.62. The van der Waals surface area contributed by atoms with Gasteiger partial charge in [-0.15, -0.1) is 13.2 Å². The molecule has 2 aliphatic rings. The maximum atomic E-state index is 12.3. The van der Waals surface area contributed by atoms with Crippen LogP contribution in [0, 0.1) is 11.8 Å². The molecule has 3 nitrogen and oxygen atoms in total. The highest BCUT2D eigenvalue weighted by Gasteiger charge is 2.29. The highest BCUT2D eigenvalue weighted by atomic mass is 16.7. The first-order valence-corrected chi connectivity index (χ1v) is 9.13. The molecule has 0 heterocycles. The zero-order valence-electron chi connectivity index (χ0n) is 14.6. The third-order valence-corrected chi connectivity index (χ3v) is 4.96. The van der Waals surface area contributed by atoms with Crippen molar-refractivity contribution in [2.75, 3.05) is 0 Å². The molecule has 2 aliphatic carbocycles. The predicted octanol–water partition coefficient (Wildman–Crippen LogP) is 5.74. The highest BCUT2D eigenvalue weighted by Crippen LogP contribution is 2.29. The van der Waals surface area contributed by atoms with Gasteiger partial charge in [0.05, 0.1) is 0 Å². The van der Waals surface area contributed by atoms with Gasteiger partial charge in [0, 0.05) is 24.7 Å². The molecule has 0 aromatic heterocycles. The average molecular weight is 330 g/mol. The minimum atomic E-state index is -0.544. The lowest BCUT2D eigenvalue weighted by molar-refractivity contribution is -0.0322. The molecule has 0 fully saturated rings. The molecule has 2 rings (SSSR count). The van der Waals surface area contributed by atoms with Gasteiger partial charge in [-0.2, -0.15) is 0 Å². The lowest BCUT2D eigenvalue weighted by Gasteiger charge is -2.30. The van der Waals surface area contributed by atoms with Gasteiger partial charge in [-0.3, -0.25) is 0 Å². The van der Waals surface area contributed by atoms with Crippen LogP contribution in [0.25, 0.3) is 0 Å². The fourth-order valence-corrected chi connectivity index (χ4v) is 3.59. The lowest BCUT2D eigenvalue weighted by Crippen LogP contribution is -2.32. The predicted molar refractivity (Wildman–Crippen MR) is 97.7 cm³/mol. The van der Waals surface area contributed by atoms with Crippen LogP contribution in [0.1, 0.15) is 51.4 Å². The summed E-state index contributed by atoms with van der Waals surface area (Å²) >= 11 is 0. The molecule has 0 aromatic rings. The normalized spacial score (nSPS) is 25.5. The first-order valence-electron chi connectivity index (χ1n) is 9.13. The molecule has 0 spiro atoms. The van der Waals surface area contributed by atoms with E-state index in [2.05, 4.69) is 37.5 Å². The van der Waals surface area contributed by atoms with E-state index in [1.54, 1.807) is 0 Å². The molecule has 4 unspecified atom stereocenters. The van der Waals surface area contributed by atoms with Gasteiger partial charge in [0.2, 0.25) is 0 Å². The van der Waals surface area contributed by atoms with Crippen LogP contribution in [0.3, 0.4) is 0 Å². The third kappa shape index (κ3) is 5.70. The summed E-state index contributed by atoms with van der Waals surface area (Å²) in [6.07, 6.45) is 19.0. The Balaban J connectivity index is 1.91. The fraction of sp³-hybridized carbons (Fsp3) is 0.571. The van der Waals surface area contributed by atoms with Crippen LogP contribution in [0.4, 0.5) is 4.79 Å². The summed E-state index contributed by atoms with van der Waals surface area (Å²) in [5.74, 6) is 0.715. The minimum Gasteiger partial charge on any atom is -0.430 e. The van der Waals surface area contributed by atoms with Crippen LogP contribution in [-0.2, 0) is 9.47 Å². The molecule has 0 saturated carbocycles. The molecule has 0 bridgehead atoms. The van der Waals surface area contributed by atoms with Gasteiger partial charge < -0.3 is 9.47 Å². The van der Waals surface area contributed by atoms with Gasteiger partial charge in [-0.25, -0.2) is 4.79 Å². The summed E-state index contributed by atoms with van der Waals surface area (Å²) in [5, 5.41) is 0. The Labute approximate surface area is 146 Å². The first kappa shape index (κ1) is 18.6. The number of carbonyl (C=O) groups is 1. The van der Waals surface area contributed by atoms with Crippen LogP contribution in [-0.4, -0.2) is 18.4 Å². The van der Waals surface area contributed by atoms with Crippen LogP contribution in [0.15, 0.2) is 49.6 Å². The Morgan fingerprint density at radius 2 is 1.38 bits per heavy atom. The number of rotatable bonds is 8. The summed E-state index contributed by atoms with van der Waals surface area (Å²) < 4.78 is 11.4. The van der Waals surface area contributed by atoms with Gasteiger partial charge in [0.25, 0.3) is 0 Å².